The van der Waals surface area contributed by atoms with Crippen LogP contribution in [0, 0.1) is 0 Å². The van der Waals surface area contributed by atoms with Crippen LogP contribution < -0.4 is 4.72 Å². The second kappa shape index (κ2) is 5.02. The number of hydrogen-bond donors (Lipinski definition) is 1. The van der Waals surface area contributed by atoms with Crippen LogP contribution in [0.1, 0.15) is 0 Å². The second-order valence-corrected chi connectivity index (χ2v) is 5.97. The number of aromatic nitrogens is 4. The van der Waals surface area contributed by atoms with Gasteiger partial charge in [0.1, 0.15) is 0 Å². The Hall–Kier alpha value is -2.68. The first kappa shape index (κ1) is 13.3. The van der Waals surface area contributed by atoms with Gasteiger partial charge in [0.25, 0.3) is 10.0 Å². The maximum atomic E-state index is 12.3. The van der Waals surface area contributed by atoms with Gasteiger partial charge in [-0.05, 0) is 12.1 Å². The second-order valence-electron chi connectivity index (χ2n) is 4.29. The van der Waals surface area contributed by atoms with Crippen LogP contribution in [-0.2, 0) is 17.1 Å². The summed E-state index contributed by atoms with van der Waals surface area (Å²) >= 11 is 0. The van der Waals surface area contributed by atoms with E-state index in [1.165, 1.54) is 29.2 Å². The van der Waals surface area contributed by atoms with E-state index in [1.54, 1.807) is 25.2 Å². The molecule has 0 spiro atoms. The highest BCUT2D eigenvalue weighted by atomic mass is 32.2. The summed E-state index contributed by atoms with van der Waals surface area (Å²) in [4.78, 5) is 0.0991. The number of sulfonamides is 1. The highest BCUT2D eigenvalue weighted by Crippen LogP contribution is 2.22. The fourth-order valence-electron chi connectivity index (χ4n) is 1.77. The fraction of sp³-hybridized carbons (Fsp3) is 0.0833. The first-order chi connectivity index (χ1) is 10.0. The number of rotatable bonds is 4. The van der Waals surface area contributed by atoms with Crippen LogP contribution in [0.2, 0.25) is 0 Å². The molecule has 2 aromatic heterocycles. The average molecular weight is 305 g/mol. The molecule has 3 aromatic rings. The molecular weight excluding hydrogens is 294 g/mol. The molecule has 0 unspecified atom stereocenters. The number of nitrogens with one attached hydrogen (secondary N) is 1. The minimum absolute atomic E-state index is 0.0991. The molecule has 0 aliphatic carbocycles. The Labute approximate surface area is 120 Å². The molecule has 0 fully saturated rings. The van der Waals surface area contributed by atoms with Crippen LogP contribution in [0.3, 0.4) is 0 Å². The van der Waals surface area contributed by atoms with Crippen molar-refractivity contribution in [1.29, 1.82) is 0 Å². The van der Waals surface area contributed by atoms with Gasteiger partial charge in [-0.1, -0.05) is 22.5 Å². The number of hydrogen-bond acceptors (Lipinski definition) is 6. The summed E-state index contributed by atoms with van der Waals surface area (Å²) in [5.41, 5.74) is 0.620. The largest absolute Gasteiger partial charge is 0.356 e. The SMILES string of the molecule is Cn1cc(NS(=O)(=O)c2cccc(-c3ccno3)c2)nn1. The molecule has 1 aromatic carbocycles. The van der Waals surface area contributed by atoms with E-state index in [0.717, 1.165) is 0 Å². The van der Waals surface area contributed by atoms with Crippen molar-refractivity contribution in [2.24, 2.45) is 7.05 Å². The van der Waals surface area contributed by atoms with Crippen molar-refractivity contribution >= 4 is 15.8 Å². The van der Waals surface area contributed by atoms with Crippen molar-refractivity contribution in [3.05, 3.63) is 42.7 Å². The summed E-state index contributed by atoms with van der Waals surface area (Å²) in [6.45, 7) is 0. The summed E-state index contributed by atoms with van der Waals surface area (Å²) in [5, 5.41) is 11.0. The van der Waals surface area contributed by atoms with Gasteiger partial charge >= 0.3 is 0 Å². The summed E-state index contributed by atoms with van der Waals surface area (Å²) in [5.74, 6) is 0.647. The van der Waals surface area contributed by atoms with Crippen molar-refractivity contribution in [2.75, 3.05) is 4.72 Å². The van der Waals surface area contributed by atoms with Crippen molar-refractivity contribution in [3.63, 3.8) is 0 Å². The highest BCUT2D eigenvalue weighted by Gasteiger charge is 2.17. The molecule has 0 bridgehead atoms. The van der Waals surface area contributed by atoms with Gasteiger partial charge < -0.3 is 4.52 Å². The maximum absolute atomic E-state index is 12.3. The molecule has 21 heavy (non-hydrogen) atoms. The molecule has 2 heterocycles. The molecule has 1 N–H and O–H groups in total. The molecule has 0 aliphatic heterocycles. The molecule has 0 radical (unpaired) electrons. The van der Waals surface area contributed by atoms with Gasteiger partial charge in [0.15, 0.2) is 11.6 Å². The van der Waals surface area contributed by atoms with Crippen LogP contribution in [0.25, 0.3) is 11.3 Å². The first-order valence-electron chi connectivity index (χ1n) is 5.95. The third-order valence-electron chi connectivity index (χ3n) is 2.71. The van der Waals surface area contributed by atoms with Crippen molar-refractivity contribution < 1.29 is 12.9 Å². The first-order valence-corrected chi connectivity index (χ1v) is 7.43. The third-order valence-corrected chi connectivity index (χ3v) is 4.06. The van der Waals surface area contributed by atoms with Crippen molar-refractivity contribution in [1.82, 2.24) is 20.2 Å². The summed E-state index contributed by atoms with van der Waals surface area (Å²) in [6.07, 6.45) is 2.96. The predicted octanol–water partition coefficient (Wildman–Crippen LogP) is 1.27. The number of aryl methyl sites for hydroxylation is 1. The molecule has 9 heteroatoms. The van der Waals surface area contributed by atoms with E-state index in [0.29, 0.717) is 11.3 Å². The Kier molecular flexibility index (Phi) is 3.18. The molecule has 108 valence electrons. The molecule has 8 nitrogen and oxygen atoms in total. The third kappa shape index (κ3) is 2.77. The Bertz CT molecular complexity index is 855. The lowest BCUT2D eigenvalue weighted by Crippen LogP contribution is -2.13. The zero-order chi connectivity index (χ0) is 14.9. The molecule has 3 rings (SSSR count). The quantitative estimate of drug-likeness (QED) is 0.778. The maximum Gasteiger partial charge on any atom is 0.263 e. The van der Waals surface area contributed by atoms with Crippen molar-refractivity contribution in [2.45, 2.75) is 4.90 Å². The smallest absolute Gasteiger partial charge is 0.263 e. The van der Waals surface area contributed by atoms with E-state index < -0.39 is 10.0 Å². The number of nitrogens with zero attached hydrogens (tertiary/aromatic N) is 4. The average Bonchev–Trinajstić information content (AvgIpc) is 3.10. The Morgan fingerprint density at radius 1 is 1.29 bits per heavy atom. The van der Waals surface area contributed by atoms with Gasteiger partial charge in [0.2, 0.25) is 0 Å². The number of anilines is 1. The minimum atomic E-state index is -3.74. The van der Waals surface area contributed by atoms with Crippen LogP contribution in [0.4, 0.5) is 5.82 Å². The van der Waals surface area contributed by atoms with Gasteiger partial charge in [-0.3, -0.25) is 9.40 Å². The monoisotopic (exact) mass is 305 g/mol. The fourth-order valence-corrected chi connectivity index (χ4v) is 2.80. The minimum Gasteiger partial charge on any atom is -0.356 e. The van der Waals surface area contributed by atoms with Gasteiger partial charge in [-0.2, -0.15) is 0 Å². The molecule has 0 saturated carbocycles. The van der Waals surface area contributed by atoms with Crippen LogP contribution in [0.5, 0.6) is 0 Å². The standard InChI is InChI=1S/C12H11N5O3S/c1-17-8-12(14-16-17)15-21(18,19)10-4-2-3-9(7-10)11-5-6-13-20-11/h2-8,15H,1H3. The van der Waals surface area contributed by atoms with E-state index in [-0.39, 0.29) is 10.7 Å². The van der Waals surface area contributed by atoms with Gasteiger partial charge in [0.05, 0.1) is 17.3 Å². The van der Waals surface area contributed by atoms with Crippen LogP contribution in [-0.4, -0.2) is 28.6 Å². The highest BCUT2D eigenvalue weighted by molar-refractivity contribution is 7.92. The summed E-state index contributed by atoms with van der Waals surface area (Å²) in [7, 11) is -2.09. The number of benzene rings is 1. The van der Waals surface area contributed by atoms with E-state index >= 15 is 0 Å². The summed E-state index contributed by atoms with van der Waals surface area (Å²) < 4.78 is 33.4. The van der Waals surface area contributed by atoms with E-state index in [9.17, 15) is 8.42 Å². The molecule has 0 saturated heterocycles. The predicted molar refractivity (Wildman–Crippen MR) is 73.8 cm³/mol. The van der Waals surface area contributed by atoms with E-state index in [1.807, 2.05) is 0 Å². The van der Waals surface area contributed by atoms with Gasteiger partial charge in [-0.25, -0.2) is 8.42 Å². The Morgan fingerprint density at radius 2 is 2.14 bits per heavy atom. The Balaban J connectivity index is 1.94. The van der Waals surface area contributed by atoms with Crippen LogP contribution in [0.15, 0.2) is 52.1 Å². The zero-order valence-electron chi connectivity index (χ0n) is 11.0. The molecular formula is C12H11N5O3S. The lowest BCUT2D eigenvalue weighted by atomic mass is 10.2. The normalized spacial score (nSPS) is 11.5. The molecule has 0 aliphatic rings. The van der Waals surface area contributed by atoms with E-state index in [2.05, 4.69) is 20.2 Å². The van der Waals surface area contributed by atoms with Crippen molar-refractivity contribution in [3.8, 4) is 11.3 Å². The topological polar surface area (TPSA) is 103 Å². The lowest BCUT2D eigenvalue weighted by molar-refractivity contribution is 0.432. The van der Waals surface area contributed by atoms with Gasteiger partial charge in [-0.15, -0.1) is 5.10 Å². The zero-order valence-corrected chi connectivity index (χ0v) is 11.8. The lowest BCUT2D eigenvalue weighted by Gasteiger charge is -2.05. The van der Waals surface area contributed by atoms with E-state index in [4.69, 9.17) is 4.52 Å². The van der Waals surface area contributed by atoms with Crippen LogP contribution >= 0.6 is 0 Å². The summed E-state index contributed by atoms with van der Waals surface area (Å²) in [6, 6.07) is 8.00. The Morgan fingerprint density at radius 3 is 2.81 bits per heavy atom. The molecule has 0 atom stereocenters. The van der Waals surface area contributed by atoms with Gasteiger partial charge in [0, 0.05) is 18.7 Å². The molecule has 0 amide bonds.